The average Bonchev–Trinajstić information content (AvgIpc) is 1.92. The molecular weight excluding hydrogens is 212 g/mol. The lowest BCUT2D eigenvalue weighted by Crippen LogP contribution is -2.19. The van der Waals surface area contributed by atoms with E-state index in [4.69, 9.17) is 9.47 Å². The molecular formula is C15H38O2. The standard InChI is InChI=1S/C12H26O2.3CH4/c1-11(2,3)9-13-7-8-14-10-12(4,5)6;;;/h7-10H2,1-6H3;3*1H4. The molecule has 0 aromatic rings. The molecule has 110 valence electrons. The highest BCUT2D eigenvalue weighted by Gasteiger charge is 2.11. The van der Waals surface area contributed by atoms with Crippen molar-refractivity contribution < 1.29 is 9.47 Å². The maximum atomic E-state index is 5.49. The molecule has 0 aliphatic carbocycles. The van der Waals surface area contributed by atoms with Crippen LogP contribution in [0.2, 0.25) is 0 Å². The summed E-state index contributed by atoms with van der Waals surface area (Å²) in [4.78, 5) is 0. The summed E-state index contributed by atoms with van der Waals surface area (Å²) in [5.74, 6) is 0. The Morgan fingerprint density at radius 2 is 0.824 bits per heavy atom. The maximum Gasteiger partial charge on any atom is 0.0700 e. The molecule has 0 fully saturated rings. The van der Waals surface area contributed by atoms with Crippen LogP contribution in [0.15, 0.2) is 0 Å². The van der Waals surface area contributed by atoms with Crippen molar-refractivity contribution in [1.82, 2.24) is 0 Å². The third kappa shape index (κ3) is 25.9. The Kier molecular flexibility index (Phi) is 16.7. The Balaban J connectivity index is -0.000000282. The zero-order valence-corrected chi connectivity index (χ0v) is 10.6. The zero-order valence-electron chi connectivity index (χ0n) is 10.6. The van der Waals surface area contributed by atoms with Gasteiger partial charge < -0.3 is 9.47 Å². The third-order valence-electron chi connectivity index (χ3n) is 1.44. The Hall–Kier alpha value is -0.0800. The van der Waals surface area contributed by atoms with Crippen molar-refractivity contribution in [3.05, 3.63) is 0 Å². The normalized spacial score (nSPS) is 10.9. The fourth-order valence-electron chi connectivity index (χ4n) is 0.875. The van der Waals surface area contributed by atoms with Gasteiger partial charge in [-0.2, -0.15) is 0 Å². The third-order valence-corrected chi connectivity index (χ3v) is 1.44. The molecule has 0 unspecified atom stereocenters. The van der Waals surface area contributed by atoms with E-state index < -0.39 is 0 Å². The summed E-state index contributed by atoms with van der Waals surface area (Å²) in [5, 5.41) is 0. The van der Waals surface area contributed by atoms with E-state index in [-0.39, 0.29) is 33.1 Å². The highest BCUT2D eigenvalue weighted by atomic mass is 16.5. The van der Waals surface area contributed by atoms with Crippen molar-refractivity contribution in [2.24, 2.45) is 10.8 Å². The number of ether oxygens (including phenoxy) is 2. The van der Waals surface area contributed by atoms with Gasteiger partial charge in [-0.1, -0.05) is 63.8 Å². The number of hydrogen-bond donors (Lipinski definition) is 0. The van der Waals surface area contributed by atoms with Gasteiger partial charge in [0.25, 0.3) is 0 Å². The fourth-order valence-corrected chi connectivity index (χ4v) is 0.875. The molecule has 0 spiro atoms. The van der Waals surface area contributed by atoms with Gasteiger partial charge >= 0.3 is 0 Å². The van der Waals surface area contributed by atoms with Crippen molar-refractivity contribution in [1.29, 1.82) is 0 Å². The number of hydrogen-bond acceptors (Lipinski definition) is 2. The summed E-state index contributed by atoms with van der Waals surface area (Å²) in [6.07, 6.45) is 0. The van der Waals surface area contributed by atoms with Crippen LogP contribution in [0.1, 0.15) is 63.8 Å². The Bertz CT molecular complexity index is 122. The summed E-state index contributed by atoms with van der Waals surface area (Å²) < 4.78 is 11.0. The lowest BCUT2D eigenvalue weighted by Gasteiger charge is -2.20. The largest absolute Gasteiger partial charge is 0.379 e. The Morgan fingerprint density at radius 3 is 1.00 bits per heavy atom. The Morgan fingerprint density at radius 1 is 0.588 bits per heavy atom. The second-order valence-electron chi connectivity index (χ2n) is 6.23. The fraction of sp³-hybridized carbons (Fsp3) is 1.00. The minimum atomic E-state index is 0. The Labute approximate surface area is 111 Å². The van der Waals surface area contributed by atoms with Crippen molar-refractivity contribution in [2.45, 2.75) is 63.8 Å². The van der Waals surface area contributed by atoms with Crippen LogP contribution in [-0.2, 0) is 9.47 Å². The van der Waals surface area contributed by atoms with E-state index >= 15 is 0 Å². The summed E-state index contributed by atoms with van der Waals surface area (Å²) in [7, 11) is 0. The smallest absolute Gasteiger partial charge is 0.0700 e. The molecule has 0 atom stereocenters. The van der Waals surface area contributed by atoms with Gasteiger partial charge in [0.2, 0.25) is 0 Å². The topological polar surface area (TPSA) is 18.5 Å². The van der Waals surface area contributed by atoms with Gasteiger partial charge in [0.1, 0.15) is 0 Å². The lowest BCUT2D eigenvalue weighted by atomic mass is 9.99. The molecule has 0 aliphatic heterocycles. The summed E-state index contributed by atoms with van der Waals surface area (Å²) in [6.45, 7) is 16.0. The molecule has 0 saturated heterocycles. The van der Waals surface area contributed by atoms with Crippen molar-refractivity contribution in [2.75, 3.05) is 26.4 Å². The first kappa shape index (κ1) is 25.7. The molecule has 17 heavy (non-hydrogen) atoms. The molecule has 0 aromatic carbocycles. The van der Waals surface area contributed by atoms with Crippen molar-refractivity contribution in [3.8, 4) is 0 Å². The van der Waals surface area contributed by atoms with Gasteiger partial charge in [0, 0.05) is 0 Å². The first-order valence-electron chi connectivity index (χ1n) is 5.36. The van der Waals surface area contributed by atoms with E-state index in [2.05, 4.69) is 41.5 Å². The van der Waals surface area contributed by atoms with E-state index in [0.29, 0.717) is 13.2 Å². The molecule has 0 N–H and O–H groups in total. The molecule has 2 heteroatoms. The predicted molar refractivity (Wildman–Crippen MR) is 80.7 cm³/mol. The van der Waals surface area contributed by atoms with E-state index in [1.54, 1.807) is 0 Å². The zero-order chi connectivity index (χ0) is 11.2. The SMILES string of the molecule is C.C.C.CC(C)(C)COCCOCC(C)(C)C. The molecule has 0 amide bonds. The van der Waals surface area contributed by atoms with Crippen LogP contribution in [0.4, 0.5) is 0 Å². The van der Waals surface area contributed by atoms with Crippen LogP contribution in [0.3, 0.4) is 0 Å². The number of rotatable bonds is 5. The average molecular weight is 250 g/mol. The molecule has 0 heterocycles. The van der Waals surface area contributed by atoms with Gasteiger partial charge in [0.15, 0.2) is 0 Å². The molecule has 0 saturated carbocycles. The van der Waals surface area contributed by atoms with Crippen LogP contribution in [0, 0.1) is 10.8 Å². The predicted octanol–water partition coefficient (Wildman–Crippen LogP) is 5.02. The lowest BCUT2D eigenvalue weighted by molar-refractivity contribution is 0.000732. The summed E-state index contributed by atoms with van der Waals surface area (Å²) in [6, 6.07) is 0. The van der Waals surface area contributed by atoms with E-state index in [0.717, 1.165) is 13.2 Å². The molecule has 0 radical (unpaired) electrons. The van der Waals surface area contributed by atoms with Crippen LogP contribution in [0.25, 0.3) is 0 Å². The minimum absolute atomic E-state index is 0. The van der Waals surface area contributed by atoms with Crippen LogP contribution < -0.4 is 0 Å². The van der Waals surface area contributed by atoms with E-state index in [9.17, 15) is 0 Å². The van der Waals surface area contributed by atoms with Crippen molar-refractivity contribution in [3.63, 3.8) is 0 Å². The first-order valence-corrected chi connectivity index (χ1v) is 5.36. The second kappa shape index (κ2) is 11.0. The maximum absolute atomic E-state index is 5.49. The van der Waals surface area contributed by atoms with E-state index in [1.807, 2.05) is 0 Å². The highest BCUT2D eigenvalue weighted by Crippen LogP contribution is 2.13. The van der Waals surface area contributed by atoms with Gasteiger partial charge in [-0.25, -0.2) is 0 Å². The van der Waals surface area contributed by atoms with Crippen LogP contribution in [0.5, 0.6) is 0 Å². The van der Waals surface area contributed by atoms with E-state index in [1.165, 1.54) is 0 Å². The van der Waals surface area contributed by atoms with Crippen LogP contribution >= 0.6 is 0 Å². The second-order valence-corrected chi connectivity index (χ2v) is 6.23. The first-order chi connectivity index (χ1) is 6.21. The van der Waals surface area contributed by atoms with Crippen LogP contribution in [-0.4, -0.2) is 26.4 Å². The van der Waals surface area contributed by atoms with Gasteiger partial charge in [-0.3, -0.25) is 0 Å². The highest BCUT2D eigenvalue weighted by molar-refractivity contribution is 4.60. The molecule has 0 aliphatic rings. The summed E-state index contributed by atoms with van der Waals surface area (Å²) in [5.41, 5.74) is 0.508. The summed E-state index contributed by atoms with van der Waals surface area (Å²) >= 11 is 0. The van der Waals surface area contributed by atoms with Gasteiger partial charge in [-0.15, -0.1) is 0 Å². The quantitative estimate of drug-likeness (QED) is 0.638. The molecule has 0 bridgehead atoms. The monoisotopic (exact) mass is 250 g/mol. The molecule has 2 nitrogen and oxygen atoms in total. The van der Waals surface area contributed by atoms with Crippen molar-refractivity contribution >= 4 is 0 Å². The minimum Gasteiger partial charge on any atom is -0.379 e. The molecule has 0 aromatic heterocycles. The van der Waals surface area contributed by atoms with Gasteiger partial charge in [0.05, 0.1) is 26.4 Å². The molecule has 0 rings (SSSR count). The van der Waals surface area contributed by atoms with Gasteiger partial charge in [-0.05, 0) is 10.8 Å².